The van der Waals surface area contributed by atoms with Gasteiger partial charge in [0.2, 0.25) is 0 Å². The van der Waals surface area contributed by atoms with E-state index in [0.29, 0.717) is 19.7 Å². The minimum Gasteiger partial charge on any atom is -0.497 e. The molecule has 0 saturated carbocycles. The second-order valence-corrected chi connectivity index (χ2v) is 7.43. The number of amides is 1. The lowest BCUT2D eigenvalue weighted by molar-refractivity contribution is -0.0199. The molecule has 0 bridgehead atoms. The molecule has 29 heavy (non-hydrogen) atoms. The largest absolute Gasteiger partial charge is 0.497 e. The van der Waals surface area contributed by atoms with Crippen molar-refractivity contribution in [1.29, 1.82) is 0 Å². The van der Waals surface area contributed by atoms with Gasteiger partial charge in [0.1, 0.15) is 5.75 Å². The molecule has 0 aromatic heterocycles. The Morgan fingerprint density at radius 1 is 1.07 bits per heavy atom. The SMILES string of the molecule is COc1ccc(C2CCN(C(=O)O)CC2OCc2ccc3ccccc3c2)cc1. The van der Waals surface area contributed by atoms with Crippen molar-refractivity contribution in [3.63, 3.8) is 0 Å². The average Bonchev–Trinajstić information content (AvgIpc) is 2.77. The molecule has 4 rings (SSSR count). The molecule has 5 nitrogen and oxygen atoms in total. The Labute approximate surface area is 170 Å². The number of nitrogens with zero attached hydrogens (tertiary/aromatic N) is 1. The molecular formula is C24H25NO4. The first-order valence-corrected chi connectivity index (χ1v) is 9.85. The Hall–Kier alpha value is -3.05. The van der Waals surface area contributed by atoms with Crippen LogP contribution in [0.1, 0.15) is 23.5 Å². The third-order valence-corrected chi connectivity index (χ3v) is 5.65. The summed E-state index contributed by atoms with van der Waals surface area (Å²) in [5, 5.41) is 11.8. The van der Waals surface area contributed by atoms with Crippen LogP contribution in [0.25, 0.3) is 10.8 Å². The van der Waals surface area contributed by atoms with Gasteiger partial charge < -0.3 is 19.5 Å². The summed E-state index contributed by atoms with van der Waals surface area (Å²) < 4.78 is 11.5. The number of likely N-dealkylation sites (tertiary alicyclic amines) is 1. The molecule has 150 valence electrons. The molecule has 0 aliphatic carbocycles. The summed E-state index contributed by atoms with van der Waals surface area (Å²) in [6.45, 7) is 1.34. The van der Waals surface area contributed by atoms with Crippen LogP contribution < -0.4 is 4.74 Å². The zero-order chi connectivity index (χ0) is 20.2. The van der Waals surface area contributed by atoms with Crippen LogP contribution in [0.3, 0.4) is 0 Å². The number of rotatable bonds is 5. The number of carboxylic acid groups (broad SMARTS) is 1. The molecule has 2 atom stereocenters. The predicted octanol–water partition coefficient (Wildman–Crippen LogP) is 4.90. The monoisotopic (exact) mass is 391 g/mol. The first kappa shape index (κ1) is 19.3. The summed E-state index contributed by atoms with van der Waals surface area (Å²) in [5.41, 5.74) is 2.24. The molecule has 3 aromatic rings. The predicted molar refractivity (Wildman–Crippen MR) is 112 cm³/mol. The van der Waals surface area contributed by atoms with Gasteiger partial charge in [0.25, 0.3) is 0 Å². The molecule has 3 aromatic carbocycles. The van der Waals surface area contributed by atoms with Crippen LogP contribution in [0.5, 0.6) is 5.75 Å². The summed E-state index contributed by atoms with van der Waals surface area (Å²) in [6.07, 6.45) is -0.349. The van der Waals surface area contributed by atoms with Gasteiger partial charge in [-0.3, -0.25) is 0 Å². The van der Waals surface area contributed by atoms with Crippen molar-refractivity contribution in [3.8, 4) is 5.75 Å². The van der Waals surface area contributed by atoms with E-state index in [-0.39, 0.29) is 12.0 Å². The highest BCUT2D eigenvalue weighted by Gasteiger charge is 2.33. The van der Waals surface area contributed by atoms with E-state index < -0.39 is 6.09 Å². The number of hydrogen-bond donors (Lipinski definition) is 1. The fourth-order valence-corrected chi connectivity index (χ4v) is 4.02. The molecule has 1 fully saturated rings. The Morgan fingerprint density at radius 3 is 2.55 bits per heavy atom. The van der Waals surface area contributed by atoms with Crippen LogP contribution in [0.2, 0.25) is 0 Å². The molecule has 0 radical (unpaired) electrons. The lowest BCUT2D eigenvalue weighted by Crippen LogP contribution is -2.46. The third-order valence-electron chi connectivity index (χ3n) is 5.65. The minimum absolute atomic E-state index is 0.150. The quantitative estimate of drug-likeness (QED) is 0.672. The molecule has 1 saturated heterocycles. The van der Waals surface area contributed by atoms with Gasteiger partial charge in [0, 0.05) is 12.5 Å². The van der Waals surface area contributed by atoms with E-state index in [1.54, 1.807) is 7.11 Å². The summed E-state index contributed by atoms with van der Waals surface area (Å²) in [6, 6.07) is 22.5. The molecule has 0 spiro atoms. The van der Waals surface area contributed by atoms with Gasteiger partial charge in [-0.05, 0) is 46.5 Å². The van der Waals surface area contributed by atoms with E-state index in [9.17, 15) is 9.90 Å². The van der Waals surface area contributed by atoms with Crippen LogP contribution in [-0.2, 0) is 11.3 Å². The topological polar surface area (TPSA) is 59.0 Å². The van der Waals surface area contributed by atoms with Crippen LogP contribution in [-0.4, -0.2) is 42.4 Å². The normalized spacial score (nSPS) is 19.3. The molecule has 1 aliphatic rings. The van der Waals surface area contributed by atoms with Crippen molar-refractivity contribution in [3.05, 3.63) is 77.9 Å². The van der Waals surface area contributed by atoms with Gasteiger partial charge in [-0.1, -0.05) is 48.5 Å². The van der Waals surface area contributed by atoms with Crippen molar-refractivity contribution >= 4 is 16.9 Å². The highest BCUT2D eigenvalue weighted by Crippen LogP contribution is 2.32. The fourth-order valence-electron chi connectivity index (χ4n) is 4.02. The van der Waals surface area contributed by atoms with Crippen LogP contribution in [0.15, 0.2) is 66.7 Å². The number of carbonyl (C=O) groups is 1. The van der Waals surface area contributed by atoms with Crippen LogP contribution in [0.4, 0.5) is 4.79 Å². The Balaban J connectivity index is 1.52. The molecule has 1 amide bonds. The highest BCUT2D eigenvalue weighted by molar-refractivity contribution is 5.82. The highest BCUT2D eigenvalue weighted by atomic mass is 16.5. The maximum Gasteiger partial charge on any atom is 0.407 e. The van der Waals surface area contributed by atoms with E-state index in [4.69, 9.17) is 9.47 Å². The van der Waals surface area contributed by atoms with Gasteiger partial charge in [-0.15, -0.1) is 0 Å². The summed E-state index contributed by atoms with van der Waals surface area (Å²) in [7, 11) is 1.65. The summed E-state index contributed by atoms with van der Waals surface area (Å²) >= 11 is 0. The van der Waals surface area contributed by atoms with E-state index in [1.807, 2.05) is 36.4 Å². The van der Waals surface area contributed by atoms with Crippen LogP contribution in [0, 0.1) is 0 Å². The van der Waals surface area contributed by atoms with Crippen molar-refractivity contribution in [1.82, 2.24) is 4.90 Å². The maximum atomic E-state index is 11.5. The third kappa shape index (κ3) is 4.35. The molecule has 1 N–H and O–H groups in total. The number of hydrogen-bond acceptors (Lipinski definition) is 3. The summed E-state index contributed by atoms with van der Waals surface area (Å²) in [5.74, 6) is 0.960. The van der Waals surface area contributed by atoms with E-state index in [2.05, 4.69) is 30.3 Å². The van der Waals surface area contributed by atoms with Gasteiger partial charge in [-0.25, -0.2) is 4.79 Å². The Bertz CT molecular complexity index is 986. The van der Waals surface area contributed by atoms with E-state index in [0.717, 1.165) is 23.3 Å². The number of fused-ring (bicyclic) bond motifs is 1. The number of benzene rings is 3. The summed E-state index contributed by atoms with van der Waals surface area (Å²) in [4.78, 5) is 13.0. The smallest absolute Gasteiger partial charge is 0.407 e. The lowest BCUT2D eigenvalue weighted by atomic mass is 9.87. The zero-order valence-corrected chi connectivity index (χ0v) is 16.5. The van der Waals surface area contributed by atoms with Crippen molar-refractivity contribution in [2.24, 2.45) is 0 Å². The first-order chi connectivity index (χ1) is 14.1. The second-order valence-electron chi connectivity index (χ2n) is 7.43. The van der Waals surface area contributed by atoms with E-state index in [1.165, 1.54) is 15.7 Å². The van der Waals surface area contributed by atoms with Gasteiger partial charge in [0.15, 0.2) is 0 Å². The average molecular weight is 391 g/mol. The zero-order valence-electron chi connectivity index (χ0n) is 16.5. The number of methoxy groups -OCH3 is 1. The molecule has 5 heteroatoms. The lowest BCUT2D eigenvalue weighted by Gasteiger charge is -2.37. The van der Waals surface area contributed by atoms with Gasteiger partial charge in [0.05, 0.1) is 26.4 Å². The molecule has 1 aliphatic heterocycles. The Morgan fingerprint density at radius 2 is 1.83 bits per heavy atom. The second kappa shape index (κ2) is 8.53. The molecule has 1 heterocycles. The van der Waals surface area contributed by atoms with Crippen molar-refractivity contribution in [2.75, 3.05) is 20.2 Å². The van der Waals surface area contributed by atoms with Gasteiger partial charge in [-0.2, -0.15) is 0 Å². The minimum atomic E-state index is -0.891. The standard InChI is InChI=1S/C24H25NO4/c1-28-21-10-8-19(9-11-21)22-12-13-25(24(26)27)15-23(22)29-16-17-6-7-18-4-2-3-5-20(18)14-17/h2-11,14,22-23H,12-13,15-16H2,1H3,(H,26,27). The van der Waals surface area contributed by atoms with Crippen LogP contribution >= 0.6 is 0 Å². The number of ether oxygens (including phenoxy) is 2. The Kier molecular flexibility index (Phi) is 5.67. The molecule has 2 unspecified atom stereocenters. The van der Waals surface area contributed by atoms with Gasteiger partial charge >= 0.3 is 6.09 Å². The number of piperidine rings is 1. The molecular weight excluding hydrogens is 366 g/mol. The van der Waals surface area contributed by atoms with Crippen molar-refractivity contribution < 1.29 is 19.4 Å². The van der Waals surface area contributed by atoms with E-state index >= 15 is 0 Å². The van der Waals surface area contributed by atoms with Crippen molar-refractivity contribution in [2.45, 2.75) is 25.0 Å². The fraction of sp³-hybridized carbons (Fsp3) is 0.292. The first-order valence-electron chi connectivity index (χ1n) is 9.85. The maximum absolute atomic E-state index is 11.5.